The molecule has 3 heteroatoms. The SMILES string of the molecule is Cc1cc(C(=O)CCc2ccsc2)cc(C)c1Br. The minimum atomic E-state index is 0.222. The highest BCUT2D eigenvalue weighted by molar-refractivity contribution is 9.10. The first-order valence-electron chi connectivity index (χ1n) is 5.89. The summed E-state index contributed by atoms with van der Waals surface area (Å²) in [6.07, 6.45) is 1.41. The molecule has 2 rings (SSSR count). The molecule has 0 aliphatic rings. The average molecular weight is 323 g/mol. The molecule has 1 heterocycles. The number of aryl methyl sites for hydroxylation is 3. The van der Waals surface area contributed by atoms with Gasteiger partial charge in [0.1, 0.15) is 0 Å². The van der Waals surface area contributed by atoms with Gasteiger partial charge in [0, 0.05) is 16.5 Å². The van der Waals surface area contributed by atoms with Crippen molar-refractivity contribution in [2.75, 3.05) is 0 Å². The van der Waals surface area contributed by atoms with Gasteiger partial charge in [0.05, 0.1) is 0 Å². The number of ketones is 1. The average Bonchev–Trinajstić information content (AvgIpc) is 2.85. The van der Waals surface area contributed by atoms with Gasteiger partial charge in [-0.05, 0) is 65.9 Å². The smallest absolute Gasteiger partial charge is 0.163 e. The largest absolute Gasteiger partial charge is 0.294 e. The predicted octanol–water partition coefficient (Wildman–Crippen LogP) is 4.94. The Balaban J connectivity index is 2.09. The highest BCUT2D eigenvalue weighted by Crippen LogP contribution is 2.23. The van der Waals surface area contributed by atoms with Crippen LogP contribution in [0.3, 0.4) is 0 Å². The lowest BCUT2D eigenvalue weighted by Crippen LogP contribution is -2.02. The minimum Gasteiger partial charge on any atom is -0.294 e. The molecule has 0 aliphatic heterocycles. The maximum Gasteiger partial charge on any atom is 0.163 e. The summed E-state index contributed by atoms with van der Waals surface area (Å²) in [5.41, 5.74) is 4.31. The van der Waals surface area contributed by atoms with E-state index in [0.717, 1.165) is 27.6 Å². The zero-order valence-corrected chi connectivity index (χ0v) is 12.9. The Morgan fingerprint density at radius 2 is 1.94 bits per heavy atom. The van der Waals surface area contributed by atoms with Crippen molar-refractivity contribution in [3.63, 3.8) is 0 Å². The third-order valence-electron chi connectivity index (χ3n) is 2.98. The van der Waals surface area contributed by atoms with E-state index in [1.807, 2.05) is 31.4 Å². The molecule has 2 aromatic rings. The topological polar surface area (TPSA) is 17.1 Å². The molecule has 0 saturated carbocycles. The van der Waals surface area contributed by atoms with E-state index in [1.54, 1.807) is 11.3 Å². The molecule has 1 aromatic heterocycles. The van der Waals surface area contributed by atoms with Gasteiger partial charge >= 0.3 is 0 Å². The summed E-state index contributed by atoms with van der Waals surface area (Å²) in [4.78, 5) is 12.1. The van der Waals surface area contributed by atoms with Gasteiger partial charge in [0.15, 0.2) is 5.78 Å². The summed E-state index contributed by atoms with van der Waals surface area (Å²) in [5, 5.41) is 4.15. The number of halogens is 1. The van der Waals surface area contributed by atoms with Crippen LogP contribution in [-0.4, -0.2) is 5.78 Å². The Morgan fingerprint density at radius 1 is 1.28 bits per heavy atom. The van der Waals surface area contributed by atoms with Crippen LogP contribution in [0.2, 0.25) is 0 Å². The Kier molecular flexibility index (Phi) is 4.36. The van der Waals surface area contributed by atoms with Crippen molar-refractivity contribution in [1.82, 2.24) is 0 Å². The van der Waals surface area contributed by atoms with E-state index in [0.29, 0.717) is 6.42 Å². The molecule has 0 fully saturated rings. The summed E-state index contributed by atoms with van der Waals surface area (Å²) in [6, 6.07) is 6.01. The maximum atomic E-state index is 12.1. The fourth-order valence-corrected chi connectivity index (χ4v) is 2.88. The molecule has 0 bridgehead atoms. The van der Waals surface area contributed by atoms with Crippen LogP contribution in [0.15, 0.2) is 33.4 Å². The van der Waals surface area contributed by atoms with Gasteiger partial charge in [-0.1, -0.05) is 15.9 Å². The monoisotopic (exact) mass is 322 g/mol. The number of benzene rings is 1. The molecule has 0 saturated heterocycles. The van der Waals surface area contributed by atoms with E-state index in [9.17, 15) is 4.79 Å². The van der Waals surface area contributed by atoms with Crippen molar-refractivity contribution < 1.29 is 4.79 Å². The van der Waals surface area contributed by atoms with Gasteiger partial charge in [0.25, 0.3) is 0 Å². The van der Waals surface area contributed by atoms with Gasteiger partial charge < -0.3 is 0 Å². The van der Waals surface area contributed by atoms with Crippen molar-refractivity contribution in [1.29, 1.82) is 0 Å². The summed E-state index contributed by atoms with van der Waals surface area (Å²) >= 11 is 5.20. The van der Waals surface area contributed by atoms with Crippen LogP contribution in [0.4, 0.5) is 0 Å². The molecule has 0 spiro atoms. The number of Topliss-reactive ketones (excluding diaryl/α,β-unsaturated/α-hetero) is 1. The lowest BCUT2D eigenvalue weighted by Gasteiger charge is -2.07. The quantitative estimate of drug-likeness (QED) is 0.728. The van der Waals surface area contributed by atoms with Crippen molar-refractivity contribution in [3.8, 4) is 0 Å². The van der Waals surface area contributed by atoms with Crippen molar-refractivity contribution in [3.05, 3.63) is 55.7 Å². The number of thiophene rings is 1. The molecule has 0 radical (unpaired) electrons. The lowest BCUT2D eigenvalue weighted by molar-refractivity contribution is 0.0982. The first-order chi connectivity index (χ1) is 8.58. The molecule has 1 nitrogen and oxygen atoms in total. The standard InChI is InChI=1S/C15H15BrOS/c1-10-7-13(8-11(2)15(10)16)14(17)4-3-12-5-6-18-9-12/h5-9H,3-4H2,1-2H3. The number of hydrogen-bond acceptors (Lipinski definition) is 2. The molecular weight excluding hydrogens is 308 g/mol. The molecule has 0 atom stereocenters. The van der Waals surface area contributed by atoms with Crippen LogP contribution in [0.1, 0.15) is 33.5 Å². The summed E-state index contributed by atoms with van der Waals surface area (Å²) in [7, 11) is 0. The van der Waals surface area contributed by atoms with Crippen molar-refractivity contribution in [2.24, 2.45) is 0 Å². The zero-order chi connectivity index (χ0) is 13.1. The third-order valence-corrected chi connectivity index (χ3v) is 4.96. The number of rotatable bonds is 4. The number of hydrogen-bond donors (Lipinski definition) is 0. The van der Waals surface area contributed by atoms with Crippen molar-refractivity contribution in [2.45, 2.75) is 26.7 Å². The summed E-state index contributed by atoms with van der Waals surface area (Å²) in [5.74, 6) is 0.222. The van der Waals surface area contributed by atoms with Crippen molar-refractivity contribution >= 4 is 33.0 Å². The normalized spacial score (nSPS) is 10.6. The second kappa shape index (κ2) is 5.81. The molecule has 18 heavy (non-hydrogen) atoms. The minimum absolute atomic E-state index is 0.222. The third kappa shape index (κ3) is 3.09. The van der Waals surface area contributed by atoms with E-state index >= 15 is 0 Å². The van der Waals surface area contributed by atoms with Crippen LogP contribution >= 0.6 is 27.3 Å². The Bertz CT molecular complexity index is 535. The predicted molar refractivity (Wildman–Crippen MR) is 80.6 cm³/mol. The van der Waals surface area contributed by atoms with E-state index in [2.05, 4.69) is 27.4 Å². The van der Waals surface area contributed by atoms with Gasteiger partial charge in [-0.25, -0.2) is 0 Å². The van der Waals surface area contributed by atoms with Gasteiger partial charge in [-0.3, -0.25) is 4.79 Å². The summed E-state index contributed by atoms with van der Waals surface area (Å²) < 4.78 is 1.09. The number of carbonyl (C=O) groups is 1. The van der Waals surface area contributed by atoms with Gasteiger partial charge in [-0.15, -0.1) is 0 Å². The molecule has 1 aromatic carbocycles. The Hall–Kier alpha value is -0.930. The van der Waals surface area contributed by atoms with Crippen LogP contribution < -0.4 is 0 Å². The first-order valence-corrected chi connectivity index (χ1v) is 7.62. The molecule has 0 N–H and O–H groups in total. The molecule has 0 unspecified atom stereocenters. The lowest BCUT2D eigenvalue weighted by atomic mass is 10.0. The van der Waals surface area contributed by atoms with Gasteiger partial charge in [-0.2, -0.15) is 11.3 Å². The molecular formula is C15H15BrOS. The van der Waals surface area contributed by atoms with E-state index in [-0.39, 0.29) is 5.78 Å². The highest BCUT2D eigenvalue weighted by Gasteiger charge is 2.10. The zero-order valence-electron chi connectivity index (χ0n) is 10.5. The second-order valence-electron chi connectivity index (χ2n) is 4.48. The molecule has 94 valence electrons. The van der Waals surface area contributed by atoms with Crippen LogP contribution in [0.25, 0.3) is 0 Å². The van der Waals surface area contributed by atoms with E-state index in [1.165, 1.54) is 5.56 Å². The summed E-state index contributed by atoms with van der Waals surface area (Å²) in [6.45, 7) is 4.04. The van der Waals surface area contributed by atoms with Crippen LogP contribution in [-0.2, 0) is 6.42 Å². The van der Waals surface area contributed by atoms with Crippen LogP contribution in [0.5, 0.6) is 0 Å². The first kappa shape index (κ1) is 13.5. The Labute approximate surface area is 120 Å². The van der Waals surface area contributed by atoms with Gasteiger partial charge in [0.2, 0.25) is 0 Å². The fraction of sp³-hybridized carbons (Fsp3) is 0.267. The Morgan fingerprint density at radius 3 is 2.50 bits per heavy atom. The molecule has 0 aliphatic carbocycles. The van der Waals surface area contributed by atoms with E-state index in [4.69, 9.17) is 0 Å². The van der Waals surface area contributed by atoms with Crippen LogP contribution in [0, 0.1) is 13.8 Å². The maximum absolute atomic E-state index is 12.1. The highest BCUT2D eigenvalue weighted by atomic mass is 79.9. The van der Waals surface area contributed by atoms with E-state index < -0.39 is 0 Å². The second-order valence-corrected chi connectivity index (χ2v) is 6.05. The number of carbonyl (C=O) groups excluding carboxylic acids is 1. The fourth-order valence-electron chi connectivity index (χ4n) is 1.94. The molecule has 0 amide bonds.